The summed E-state index contributed by atoms with van der Waals surface area (Å²) < 4.78 is 0. The molecule has 8 aromatic rings. The van der Waals surface area contributed by atoms with Crippen molar-refractivity contribution in [3.05, 3.63) is 208 Å². The molecule has 0 bridgehead atoms. The summed E-state index contributed by atoms with van der Waals surface area (Å²) in [5, 5.41) is 2.71. The van der Waals surface area contributed by atoms with Gasteiger partial charge in [0.25, 0.3) is 0 Å². The van der Waals surface area contributed by atoms with Crippen LogP contribution in [-0.4, -0.2) is 0 Å². The highest BCUT2D eigenvalue weighted by molar-refractivity contribution is 6.24. The van der Waals surface area contributed by atoms with Crippen LogP contribution in [0.5, 0.6) is 0 Å². The predicted molar refractivity (Wildman–Crippen MR) is 248 cm³/mol. The molecule has 0 spiro atoms. The molecular weight excluding hydrogens is 685 g/mol. The van der Waals surface area contributed by atoms with Crippen LogP contribution in [0.25, 0.3) is 72.5 Å². The van der Waals surface area contributed by atoms with E-state index in [1.807, 2.05) is 13.8 Å². The topological polar surface area (TPSA) is 0 Å². The van der Waals surface area contributed by atoms with Gasteiger partial charge in [0.2, 0.25) is 0 Å². The quantitative estimate of drug-likeness (QED) is 0.166. The van der Waals surface area contributed by atoms with Gasteiger partial charge in [0, 0.05) is 5.92 Å². The maximum Gasteiger partial charge on any atom is 0.0149 e. The molecule has 0 N–H and O–H groups in total. The van der Waals surface area contributed by atoms with Crippen molar-refractivity contribution < 1.29 is 0 Å². The number of benzene rings is 8. The van der Waals surface area contributed by atoms with Crippen LogP contribution in [0.15, 0.2) is 164 Å². The SMILES string of the molecule is CC.Cc1ccc(C)cc1.Cc1ccc(C)cc1.Cc1ccc2c3c1C=CCC3c1c(-c3ccccc3)c3c(c(-c4ccccc4)c1-2)-c1cccc2cccc-3c12. The fraction of sp³-hybridized carbons (Fsp3) is 0.158. The lowest BCUT2D eigenvalue weighted by atomic mass is 9.77. The van der Waals surface area contributed by atoms with Crippen LogP contribution < -0.4 is 0 Å². The van der Waals surface area contributed by atoms with Crippen LogP contribution in [0.2, 0.25) is 0 Å². The third kappa shape index (κ3) is 6.85. The van der Waals surface area contributed by atoms with E-state index < -0.39 is 0 Å². The standard InChI is InChI=1S/C39H26.2C8H10.C2H6/c1-23-21-22-31-35-27(23)17-10-20-30(35)38-33(25-11-4-2-5-12-25)36-28-18-8-15-24-16-9-19-29(32(24)28)37(36)34(39(31)38)26-13-6-3-7-14-26;2*1-7-3-5-8(2)6-4-7;1-2/h2-19,21-22,30H,20H2,1H3;2*3-6H,1-2H3;1-2H3. The molecule has 57 heavy (non-hydrogen) atoms. The van der Waals surface area contributed by atoms with E-state index in [0.29, 0.717) is 5.92 Å². The van der Waals surface area contributed by atoms with Crippen molar-refractivity contribution in [3.8, 4) is 55.6 Å². The molecule has 280 valence electrons. The minimum atomic E-state index is 0.362. The van der Waals surface area contributed by atoms with Gasteiger partial charge in [0.05, 0.1) is 0 Å². The first-order chi connectivity index (χ1) is 27.9. The number of hydrogen-bond donors (Lipinski definition) is 0. The second kappa shape index (κ2) is 16.1. The van der Waals surface area contributed by atoms with Crippen LogP contribution in [0, 0.1) is 34.6 Å². The fourth-order valence-corrected chi connectivity index (χ4v) is 9.03. The zero-order valence-electron chi connectivity index (χ0n) is 34.5. The van der Waals surface area contributed by atoms with Gasteiger partial charge < -0.3 is 0 Å². The average Bonchev–Trinajstić information content (AvgIpc) is 3.77. The lowest BCUT2D eigenvalue weighted by molar-refractivity contribution is 0.844. The Morgan fingerprint density at radius 3 is 1.37 bits per heavy atom. The molecule has 1 unspecified atom stereocenters. The molecule has 0 nitrogen and oxygen atoms in total. The first kappa shape index (κ1) is 37.7. The Hall–Kier alpha value is -6.24. The number of allylic oxidation sites excluding steroid dienone is 1. The predicted octanol–water partition coefficient (Wildman–Crippen LogP) is 16.3. The van der Waals surface area contributed by atoms with Crippen LogP contribution >= 0.6 is 0 Å². The van der Waals surface area contributed by atoms with Gasteiger partial charge in [-0.05, 0) is 130 Å². The summed E-state index contributed by atoms with van der Waals surface area (Å²) in [5.41, 5.74) is 25.0. The molecule has 0 amide bonds. The molecular formula is C57H52. The molecule has 1 atom stereocenters. The summed E-state index contributed by atoms with van der Waals surface area (Å²) in [4.78, 5) is 0. The Morgan fingerprint density at radius 1 is 0.386 bits per heavy atom. The molecule has 11 rings (SSSR count). The van der Waals surface area contributed by atoms with Gasteiger partial charge in [-0.2, -0.15) is 0 Å². The van der Waals surface area contributed by atoms with Gasteiger partial charge in [0.1, 0.15) is 0 Å². The summed E-state index contributed by atoms with van der Waals surface area (Å²) in [6.45, 7) is 14.6. The zero-order valence-corrected chi connectivity index (χ0v) is 34.5. The normalized spacial score (nSPS) is 13.2. The molecule has 0 fully saturated rings. The van der Waals surface area contributed by atoms with E-state index in [2.05, 4.69) is 204 Å². The zero-order chi connectivity index (χ0) is 39.6. The van der Waals surface area contributed by atoms with Crippen LogP contribution in [-0.2, 0) is 0 Å². The van der Waals surface area contributed by atoms with E-state index in [-0.39, 0.29) is 0 Å². The Morgan fingerprint density at radius 2 is 0.860 bits per heavy atom. The molecule has 0 saturated heterocycles. The van der Waals surface area contributed by atoms with E-state index in [9.17, 15) is 0 Å². The third-order valence-corrected chi connectivity index (χ3v) is 11.7. The maximum absolute atomic E-state index is 2.41. The molecule has 0 heterocycles. The average molecular weight is 737 g/mol. The van der Waals surface area contributed by atoms with Crippen molar-refractivity contribution in [2.24, 2.45) is 0 Å². The molecule has 0 aromatic heterocycles. The van der Waals surface area contributed by atoms with E-state index >= 15 is 0 Å². The van der Waals surface area contributed by atoms with Gasteiger partial charge in [-0.1, -0.05) is 206 Å². The highest BCUT2D eigenvalue weighted by Crippen LogP contribution is 2.64. The summed E-state index contributed by atoms with van der Waals surface area (Å²) in [5.74, 6) is 0.362. The molecule has 0 saturated carbocycles. The van der Waals surface area contributed by atoms with Gasteiger partial charge in [-0.25, -0.2) is 0 Å². The van der Waals surface area contributed by atoms with Crippen molar-refractivity contribution in [3.63, 3.8) is 0 Å². The number of fused-ring (bicyclic) bond motifs is 6. The second-order valence-corrected chi connectivity index (χ2v) is 15.5. The third-order valence-electron chi connectivity index (χ3n) is 11.7. The molecule has 8 aromatic carbocycles. The lowest BCUT2D eigenvalue weighted by Gasteiger charge is -2.25. The number of aryl methyl sites for hydroxylation is 5. The highest BCUT2D eigenvalue weighted by atomic mass is 14.4. The van der Waals surface area contributed by atoms with Gasteiger partial charge in [0.15, 0.2) is 0 Å². The van der Waals surface area contributed by atoms with E-state index in [0.717, 1.165) is 6.42 Å². The summed E-state index contributed by atoms with van der Waals surface area (Å²) in [7, 11) is 0. The largest absolute Gasteiger partial charge is 0.0830 e. The lowest BCUT2D eigenvalue weighted by Crippen LogP contribution is -2.05. The van der Waals surface area contributed by atoms with Crippen LogP contribution in [0.4, 0.5) is 0 Å². The van der Waals surface area contributed by atoms with Gasteiger partial charge in [-0.3, -0.25) is 0 Å². The fourth-order valence-electron chi connectivity index (χ4n) is 9.03. The van der Waals surface area contributed by atoms with Crippen molar-refractivity contribution in [2.75, 3.05) is 0 Å². The minimum Gasteiger partial charge on any atom is -0.0830 e. The molecule has 3 aliphatic rings. The molecule has 0 heteroatoms. The monoisotopic (exact) mass is 736 g/mol. The maximum atomic E-state index is 2.41. The summed E-state index contributed by atoms with van der Waals surface area (Å²) in [6.07, 6.45) is 5.81. The Labute approximate surface area is 340 Å². The van der Waals surface area contributed by atoms with Crippen molar-refractivity contribution in [1.29, 1.82) is 0 Å². The number of rotatable bonds is 2. The summed E-state index contributed by atoms with van der Waals surface area (Å²) >= 11 is 0. The van der Waals surface area contributed by atoms with E-state index in [1.54, 1.807) is 0 Å². The van der Waals surface area contributed by atoms with Gasteiger partial charge in [-0.15, -0.1) is 0 Å². The Bertz CT molecular complexity index is 2640. The van der Waals surface area contributed by atoms with E-state index in [4.69, 9.17) is 0 Å². The Balaban J connectivity index is 0.000000210. The first-order valence-electron chi connectivity index (χ1n) is 20.6. The van der Waals surface area contributed by atoms with Crippen LogP contribution in [0.3, 0.4) is 0 Å². The number of hydrogen-bond acceptors (Lipinski definition) is 0. The minimum absolute atomic E-state index is 0.362. The van der Waals surface area contributed by atoms with Crippen molar-refractivity contribution >= 4 is 16.8 Å². The molecule has 3 aliphatic carbocycles. The molecule has 0 radical (unpaired) electrons. The Kier molecular flexibility index (Phi) is 10.6. The first-order valence-corrected chi connectivity index (χ1v) is 20.6. The smallest absolute Gasteiger partial charge is 0.0149 e. The molecule has 0 aliphatic heterocycles. The highest BCUT2D eigenvalue weighted by Gasteiger charge is 2.41. The van der Waals surface area contributed by atoms with Crippen molar-refractivity contribution in [2.45, 2.75) is 60.8 Å². The van der Waals surface area contributed by atoms with Gasteiger partial charge >= 0.3 is 0 Å². The second-order valence-electron chi connectivity index (χ2n) is 15.5. The van der Waals surface area contributed by atoms with E-state index in [1.165, 1.54) is 111 Å². The van der Waals surface area contributed by atoms with Crippen molar-refractivity contribution in [1.82, 2.24) is 0 Å². The summed E-state index contributed by atoms with van der Waals surface area (Å²) in [6, 6.07) is 57.7. The van der Waals surface area contributed by atoms with Crippen LogP contribution in [0.1, 0.15) is 70.7 Å².